The molecule has 0 unspecified atom stereocenters. The van der Waals surface area contributed by atoms with E-state index in [2.05, 4.69) is 15.3 Å². The number of aryl methyl sites for hydroxylation is 1. The minimum atomic E-state index is -0.510. The minimum absolute atomic E-state index is 0.0441. The van der Waals surface area contributed by atoms with E-state index in [1.54, 1.807) is 6.92 Å². The van der Waals surface area contributed by atoms with Crippen LogP contribution < -0.4 is 11.0 Å². The number of aromatic amines is 1. The molecule has 1 heterocycles. The quantitative estimate of drug-likeness (QED) is 0.375. The number of non-ortho nitro benzene ring substituents is 1. The van der Waals surface area contributed by atoms with Crippen LogP contribution in [0.3, 0.4) is 0 Å². The van der Waals surface area contributed by atoms with Crippen molar-refractivity contribution in [3.63, 3.8) is 0 Å². The first-order valence-corrected chi connectivity index (χ1v) is 7.17. The Bertz CT molecular complexity index is 757. The zero-order chi connectivity index (χ0) is 16.1. The predicted octanol–water partition coefficient (Wildman–Crippen LogP) is 1.72. The van der Waals surface area contributed by atoms with Crippen molar-refractivity contribution in [3.05, 3.63) is 56.6 Å². The van der Waals surface area contributed by atoms with Gasteiger partial charge in [-0.3, -0.25) is 14.9 Å². The lowest BCUT2D eigenvalue weighted by Crippen LogP contribution is -2.16. The molecule has 0 saturated heterocycles. The molecule has 0 saturated carbocycles. The number of nitrogens with zero attached hydrogens (tertiary/aromatic N) is 2. The Kier molecular flexibility index (Phi) is 4.89. The Morgan fingerprint density at radius 2 is 2.09 bits per heavy atom. The molecule has 2 aromatic rings. The second-order valence-corrected chi connectivity index (χ2v) is 5.33. The molecule has 2 rings (SSSR count). The summed E-state index contributed by atoms with van der Waals surface area (Å²) in [5.41, 5.74) is 0.727. The number of nitro groups is 1. The maximum Gasteiger partial charge on any atom is 0.345 e. The first-order chi connectivity index (χ1) is 10.5. The van der Waals surface area contributed by atoms with Gasteiger partial charge in [-0.2, -0.15) is 0 Å². The minimum Gasteiger partial charge on any atom is -0.325 e. The largest absolute Gasteiger partial charge is 0.345 e. The highest BCUT2D eigenvalue weighted by molar-refractivity contribution is 8.00. The number of carbonyl (C=O) groups excluding carboxylic acids is 1. The van der Waals surface area contributed by atoms with Gasteiger partial charge in [0.15, 0.2) is 0 Å². The maximum absolute atomic E-state index is 11.8. The summed E-state index contributed by atoms with van der Waals surface area (Å²) in [5, 5.41) is 13.7. The summed E-state index contributed by atoms with van der Waals surface area (Å²) in [7, 11) is 0. The van der Waals surface area contributed by atoms with E-state index in [0.29, 0.717) is 10.7 Å². The van der Waals surface area contributed by atoms with Gasteiger partial charge in [-0.1, -0.05) is 11.8 Å². The summed E-state index contributed by atoms with van der Waals surface area (Å²) in [6.45, 7) is 1.78. The van der Waals surface area contributed by atoms with Crippen molar-refractivity contribution >= 4 is 29.0 Å². The van der Waals surface area contributed by atoms with Crippen molar-refractivity contribution in [2.45, 2.75) is 11.9 Å². The first kappa shape index (κ1) is 15.7. The van der Waals surface area contributed by atoms with Crippen LogP contribution in [-0.4, -0.2) is 26.6 Å². The Labute approximate surface area is 129 Å². The molecule has 9 heteroatoms. The molecule has 0 atom stereocenters. The van der Waals surface area contributed by atoms with Gasteiger partial charge in [-0.05, 0) is 24.6 Å². The van der Waals surface area contributed by atoms with Crippen molar-refractivity contribution < 1.29 is 9.72 Å². The molecule has 1 amide bonds. The summed E-state index contributed by atoms with van der Waals surface area (Å²) in [6, 6.07) is 5.54. The summed E-state index contributed by atoms with van der Waals surface area (Å²) in [6.07, 6.45) is 1.44. The molecule has 2 N–H and O–H groups in total. The second-order valence-electron chi connectivity index (χ2n) is 4.34. The maximum atomic E-state index is 11.8. The molecular weight excluding hydrogens is 308 g/mol. The number of aromatic nitrogens is 2. The molecule has 0 aliphatic rings. The molecule has 0 bridgehead atoms. The lowest BCUT2D eigenvalue weighted by atomic mass is 10.3. The van der Waals surface area contributed by atoms with Crippen LogP contribution >= 0.6 is 11.8 Å². The molecule has 8 nitrogen and oxygen atoms in total. The van der Waals surface area contributed by atoms with Gasteiger partial charge >= 0.3 is 5.69 Å². The number of benzene rings is 1. The molecule has 22 heavy (non-hydrogen) atoms. The zero-order valence-corrected chi connectivity index (χ0v) is 12.3. The Morgan fingerprint density at radius 3 is 2.73 bits per heavy atom. The standard InChI is InChI=1S/C13H12N4O4S/c1-8-6-14-13(19)16-12(8)22-7-11(18)15-9-2-4-10(5-3-9)17(20)21/h2-6H,7H2,1H3,(H,15,18)(H,14,16,19). The van der Waals surface area contributed by atoms with Gasteiger partial charge in [0.2, 0.25) is 5.91 Å². The number of hydrogen-bond acceptors (Lipinski definition) is 6. The van der Waals surface area contributed by atoms with Gasteiger partial charge in [0.05, 0.1) is 15.7 Å². The molecule has 0 spiro atoms. The number of hydrogen-bond donors (Lipinski definition) is 2. The number of rotatable bonds is 5. The van der Waals surface area contributed by atoms with Crippen LogP contribution in [0.2, 0.25) is 0 Å². The molecule has 0 fully saturated rings. The molecule has 0 aliphatic carbocycles. The van der Waals surface area contributed by atoms with Crippen molar-refractivity contribution in [1.29, 1.82) is 0 Å². The van der Waals surface area contributed by atoms with Gasteiger partial charge in [0.1, 0.15) is 0 Å². The number of anilines is 1. The van der Waals surface area contributed by atoms with E-state index in [0.717, 1.165) is 5.56 Å². The van der Waals surface area contributed by atoms with E-state index in [1.807, 2.05) is 0 Å². The molecular formula is C13H12N4O4S. The Morgan fingerprint density at radius 1 is 1.41 bits per heavy atom. The average molecular weight is 320 g/mol. The van der Waals surface area contributed by atoms with Crippen LogP contribution in [0, 0.1) is 17.0 Å². The number of amides is 1. The van der Waals surface area contributed by atoms with Crippen LogP contribution in [0.15, 0.2) is 40.3 Å². The lowest BCUT2D eigenvalue weighted by molar-refractivity contribution is -0.384. The van der Waals surface area contributed by atoms with Crippen molar-refractivity contribution in [2.75, 3.05) is 11.1 Å². The van der Waals surface area contributed by atoms with E-state index < -0.39 is 10.6 Å². The smallest absolute Gasteiger partial charge is 0.325 e. The summed E-state index contributed by atoms with van der Waals surface area (Å²) >= 11 is 1.18. The Balaban J connectivity index is 1.94. The van der Waals surface area contributed by atoms with Crippen LogP contribution in [0.25, 0.3) is 0 Å². The van der Waals surface area contributed by atoms with Crippen LogP contribution in [-0.2, 0) is 4.79 Å². The number of nitro benzene ring substituents is 1. The number of thioether (sulfide) groups is 1. The van der Waals surface area contributed by atoms with E-state index >= 15 is 0 Å². The third-order valence-electron chi connectivity index (χ3n) is 2.66. The summed E-state index contributed by atoms with van der Waals surface area (Å²) in [4.78, 5) is 39.1. The van der Waals surface area contributed by atoms with E-state index in [-0.39, 0.29) is 17.3 Å². The van der Waals surface area contributed by atoms with Crippen molar-refractivity contribution in [2.24, 2.45) is 0 Å². The molecule has 1 aromatic heterocycles. The van der Waals surface area contributed by atoms with Gasteiger partial charge in [-0.25, -0.2) is 9.78 Å². The van der Waals surface area contributed by atoms with Crippen LogP contribution in [0.5, 0.6) is 0 Å². The summed E-state index contributed by atoms with van der Waals surface area (Å²) < 4.78 is 0. The third kappa shape index (κ3) is 4.16. The second kappa shape index (κ2) is 6.85. The normalized spacial score (nSPS) is 10.2. The van der Waals surface area contributed by atoms with Gasteiger partial charge in [-0.15, -0.1) is 0 Å². The van der Waals surface area contributed by atoms with E-state index in [9.17, 15) is 19.7 Å². The van der Waals surface area contributed by atoms with E-state index in [4.69, 9.17) is 0 Å². The van der Waals surface area contributed by atoms with Crippen molar-refractivity contribution in [1.82, 2.24) is 9.97 Å². The fourth-order valence-electron chi connectivity index (χ4n) is 1.59. The van der Waals surface area contributed by atoms with E-state index in [1.165, 1.54) is 42.2 Å². The van der Waals surface area contributed by atoms with Gasteiger partial charge in [0, 0.05) is 24.0 Å². The fraction of sp³-hybridized carbons (Fsp3) is 0.154. The fourth-order valence-corrected chi connectivity index (χ4v) is 2.38. The summed E-state index contributed by atoms with van der Waals surface area (Å²) in [5.74, 6) is -0.187. The van der Waals surface area contributed by atoms with Gasteiger partial charge in [0.25, 0.3) is 5.69 Å². The zero-order valence-electron chi connectivity index (χ0n) is 11.5. The lowest BCUT2D eigenvalue weighted by Gasteiger charge is -2.06. The topological polar surface area (TPSA) is 118 Å². The molecule has 1 aromatic carbocycles. The number of carbonyl (C=O) groups is 1. The average Bonchev–Trinajstić information content (AvgIpc) is 2.49. The molecule has 0 radical (unpaired) electrons. The van der Waals surface area contributed by atoms with Gasteiger partial charge < -0.3 is 10.3 Å². The molecule has 0 aliphatic heterocycles. The highest BCUT2D eigenvalue weighted by Crippen LogP contribution is 2.19. The Hall–Kier alpha value is -2.68. The molecule has 114 valence electrons. The SMILES string of the molecule is Cc1cnc(=O)[nH]c1SCC(=O)Nc1ccc([N+](=O)[O-])cc1. The number of nitrogens with one attached hydrogen (secondary N) is 2. The highest BCUT2D eigenvalue weighted by Gasteiger charge is 2.08. The predicted molar refractivity (Wildman–Crippen MR) is 82.0 cm³/mol. The first-order valence-electron chi connectivity index (χ1n) is 6.19. The highest BCUT2D eigenvalue weighted by atomic mass is 32.2. The third-order valence-corrected chi connectivity index (χ3v) is 3.78. The van der Waals surface area contributed by atoms with Crippen molar-refractivity contribution in [3.8, 4) is 0 Å². The van der Waals surface area contributed by atoms with Crippen LogP contribution in [0.4, 0.5) is 11.4 Å². The van der Waals surface area contributed by atoms with Crippen LogP contribution in [0.1, 0.15) is 5.56 Å². The number of H-pyrrole nitrogens is 1. The monoisotopic (exact) mass is 320 g/mol.